The van der Waals surface area contributed by atoms with Crippen LogP contribution in [0.25, 0.3) is 45.0 Å². The zero-order valence-corrected chi connectivity index (χ0v) is 28.3. The molecular formula is C30H22N6O8RuS2. The van der Waals surface area contributed by atoms with E-state index in [1.807, 2.05) is 0 Å². The number of hydrogen-bond acceptors (Lipinski definition) is 14. The Kier molecular flexibility index (Phi) is 16.9. The van der Waals surface area contributed by atoms with Crippen molar-refractivity contribution in [2.45, 2.75) is 0 Å². The number of methoxy groups -OCH3 is 4. The van der Waals surface area contributed by atoms with E-state index in [0.29, 0.717) is 0 Å². The summed E-state index contributed by atoms with van der Waals surface area (Å²) in [5.41, 5.74) is 2.03. The van der Waals surface area contributed by atoms with Crippen LogP contribution >= 0.6 is 24.4 Å². The molecule has 0 unspecified atom stereocenters. The van der Waals surface area contributed by atoms with Crippen molar-refractivity contribution in [3.8, 4) is 34.2 Å². The number of esters is 4. The summed E-state index contributed by atoms with van der Waals surface area (Å²) in [6, 6.07) is 11.6. The predicted octanol–water partition coefficient (Wildman–Crippen LogP) is 4.73. The number of thiocarbonyl (C=S) groups is 2. The second-order valence-corrected chi connectivity index (χ2v) is 8.63. The Balaban J connectivity index is 0.00000146. The summed E-state index contributed by atoms with van der Waals surface area (Å²) in [6.07, 6.45) is 2.81. The maximum Gasteiger partial charge on any atom is 2.00 e. The zero-order chi connectivity index (χ0) is 34.2. The fourth-order valence-corrected chi connectivity index (χ4v) is 3.69. The van der Waals surface area contributed by atoms with Crippen molar-refractivity contribution in [1.82, 2.24) is 19.9 Å². The Bertz CT molecular complexity index is 1710. The van der Waals surface area contributed by atoms with Gasteiger partial charge in [-0.15, -0.1) is 0 Å². The number of nitrogens with zero attached hydrogens (tertiary/aromatic N) is 6. The van der Waals surface area contributed by atoms with Crippen molar-refractivity contribution in [2.24, 2.45) is 0 Å². The second kappa shape index (κ2) is 20.0. The molecule has 0 saturated carbocycles. The van der Waals surface area contributed by atoms with Crippen LogP contribution < -0.4 is 0 Å². The number of rotatable bonds is 7. The molecule has 4 aromatic rings. The normalized spacial score (nSPS) is 9.19. The predicted molar refractivity (Wildman–Crippen MR) is 171 cm³/mol. The Hall–Kier alpha value is -5.30. The van der Waals surface area contributed by atoms with Crippen LogP contribution in [0.2, 0.25) is 0 Å². The molecule has 0 atom stereocenters. The van der Waals surface area contributed by atoms with Gasteiger partial charge in [-0.1, -0.05) is 24.4 Å². The molecule has 0 aliphatic heterocycles. The minimum Gasteiger partial charge on any atom is -0.753 e. The van der Waals surface area contributed by atoms with Gasteiger partial charge in [-0.3, -0.25) is 9.97 Å². The first kappa shape index (κ1) is 39.7. The quantitative estimate of drug-likeness (QED) is 0.0823. The Labute approximate surface area is 291 Å². The molecule has 0 aliphatic rings. The van der Waals surface area contributed by atoms with Crippen LogP contribution in [-0.4, -0.2) is 82.6 Å². The number of hydrogen-bond donors (Lipinski definition) is 0. The molecule has 14 nitrogen and oxygen atoms in total. The molecule has 0 aliphatic carbocycles. The van der Waals surface area contributed by atoms with E-state index in [1.165, 1.54) is 99.7 Å². The first-order valence-corrected chi connectivity index (χ1v) is 13.3. The van der Waals surface area contributed by atoms with Crippen LogP contribution in [0.3, 0.4) is 0 Å². The van der Waals surface area contributed by atoms with Crippen molar-refractivity contribution in [3.63, 3.8) is 0 Å². The molecule has 0 radical (unpaired) electrons. The SMILES string of the molecule is COC(=O)c1ccnc(-c2cc(C(=O)OC)cc(-c3cc(C(=O)OC)cc(-c4cc(C(=O)OC)ccn4)n3)n2)c1.[N-]=C=S.[N-]=C=S.[Ru+2]. The largest absolute Gasteiger partial charge is 2.00 e. The van der Waals surface area contributed by atoms with E-state index in [9.17, 15) is 19.2 Å². The molecule has 0 fully saturated rings. The van der Waals surface area contributed by atoms with E-state index in [1.54, 1.807) is 0 Å². The third-order valence-electron chi connectivity index (χ3n) is 5.64. The molecule has 47 heavy (non-hydrogen) atoms. The minimum absolute atomic E-state index is 0. The van der Waals surface area contributed by atoms with Gasteiger partial charge in [0.1, 0.15) is 0 Å². The standard InChI is InChI=1S/C28H22N4O8.2CNS.Ru/c1-37-25(33)15-5-7-29-19(9-15)21-11-17(27(35)39-3)13-23(31-21)24-14-18(28(36)40-4)12-22(32-24)20-10-16(6-8-30-20)26(34)38-2;2*2-1-3;/h5-14H,1-4H3;;;/q;2*-1;+2. The Morgan fingerprint density at radius 2 is 0.766 bits per heavy atom. The van der Waals surface area contributed by atoms with Crippen LogP contribution in [-0.2, 0) is 38.4 Å². The molecule has 0 amide bonds. The van der Waals surface area contributed by atoms with E-state index in [4.69, 9.17) is 29.8 Å². The number of isothiocyanates is 2. The van der Waals surface area contributed by atoms with Crippen LogP contribution in [0.4, 0.5) is 0 Å². The number of aromatic nitrogens is 4. The fourth-order valence-electron chi connectivity index (χ4n) is 3.69. The van der Waals surface area contributed by atoms with Gasteiger partial charge in [0.2, 0.25) is 0 Å². The minimum atomic E-state index is -0.661. The van der Waals surface area contributed by atoms with E-state index in [0.717, 1.165) is 0 Å². The smallest absolute Gasteiger partial charge is 0.753 e. The molecule has 0 bridgehead atoms. The van der Waals surface area contributed by atoms with E-state index >= 15 is 0 Å². The Morgan fingerprint density at radius 3 is 1.04 bits per heavy atom. The maximum absolute atomic E-state index is 12.5. The van der Waals surface area contributed by atoms with Gasteiger partial charge in [-0.2, -0.15) is 10.3 Å². The third kappa shape index (κ3) is 10.9. The maximum atomic E-state index is 12.5. The average Bonchev–Trinajstić information content (AvgIpc) is 3.10. The fraction of sp³-hybridized carbons (Fsp3) is 0.133. The molecule has 0 saturated heterocycles. The zero-order valence-electron chi connectivity index (χ0n) is 24.9. The Morgan fingerprint density at radius 1 is 0.532 bits per heavy atom. The number of ether oxygens (including phenoxy) is 4. The molecule has 0 N–H and O–H groups in total. The first-order valence-electron chi connectivity index (χ1n) is 12.4. The van der Waals surface area contributed by atoms with Gasteiger partial charge in [0.05, 0.1) is 84.9 Å². The van der Waals surface area contributed by atoms with Gasteiger partial charge in [0.25, 0.3) is 0 Å². The number of carbonyl (C=O) groups excluding carboxylic acids is 4. The van der Waals surface area contributed by atoms with Gasteiger partial charge in [-0.05, 0) is 48.5 Å². The molecule has 17 heteroatoms. The van der Waals surface area contributed by atoms with Crippen molar-refractivity contribution >= 4 is 58.6 Å². The first-order chi connectivity index (χ1) is 22.1. The van der Waals surface area contributed by atoms with Crippen LogP contribution in [0, 0.1) is 0 Å². The second-order valence-electron chi connectivity index (χ2n) is 8.26. The van der Waals surface area contributed by atoms with Crippen LogP contribution in [0.1, 0.15) is 41.4 Å². The third-order valence-corrected chi connectivity index (χ3v) is 5.64. The van der Waals surface area contributed by atoms with Crippen molar-refractivity contribution in [2.75, 3.05) is 28.4 Å². The monoisotopic (exact) mass is 760 g/mol. The van der Waals surface area contributed by atoms with E-state index in [2.05, 4.69) is 44.4 Å². The molecule has 0 aromatic carbocycles. The van der Waals surface area contributed by atoms with Gasteiger partial charge < -0.3 is 29.8 Å². The van der Waals surface area contributed by atoms with Gasteiger partial charge in [0, 0.05) is 12.4 Å². The van der Waals surface area contributed by atoms with Crippen LogP contribution in [0.15, 0.2) is 60.9 Å². The van der Waals surface area contributed by atoms with E-state index in [-0.39, 0.29) is 75.9 Å². The summed E-state index contributed by atoms with van der Waals surface area (Å²) in [5.74, 6) is -2.48. The molecule has 4 aromatic heterocycles. The molecule has 0 spiro atoms. The summed E-state index contributed by atoms with van der Waals surface area (Å²) in [5, 5.41) is 16.9. The summed E-state index contributed by atoms with van der Waals surface area (Å²) < 4.78 is 19.4. The van der Waals surface area contributed by atoms with Gasteiger partial charge >= 0.3 is 43.4 Å². The average molecular weight is 760 g/mol. The van der Waals surface area contributed by atoms with Crippen LogP contribution in [0.5, 0.6) is 0 Å². The van der Waals surface area contributed by atoms with Gasteiger partial charge in [-0.25, -0.2) is 29.1 Å². The topological polar surface area (TPSA) is 201 Å². The summed E-state index contributed by atoms with van der Waals surface area (Å²) in [6.45, 7) is 0. The molecule has 240 valence electrons. The summed E-state index contributed by atoms with van der Waals surface area (Å²) in [7, 11) is 4.97. The van der Waals surface area contributed by atoms with Crippen molar-refractivity contribution < 1.29 is 57.6 Å². The molecule has 4 heterocycles. The molecular weight excluding hydrogens is 738 g/mol. The van der Waals surface area contributed by atoms with E-state index < -0.39 is 23.9 Å². The summed E-state index contributed by atoms with van der Waals surface area (Å²) >= 11 is 7.40. The number of carbonyl (C=O) groups is 4. The van der Waals surface area contributed by atoms with Crippen molar-refractivity contribution in [3.05, 3.63) is 94.0 Å². The van der Waals surface area contributed by atoms with Crippen molar-refractivity contribution in [1.29, 1.82) is 0 Å². The van der Waals surface area contributed by atoms with Gasteiger partial charge in [0.15, 0.2) is 0 Å². The summed E-state index contributed by atoms with van der Waals surface area (Å²) in [4.78, 5) is 67.0. The molecule has 4 rings (SSSR count). The number of pyridine rings is 4.